The van der Waals surface area contributed by atoms with Gasteiger partial charge in [0.2, 0.25) is 0 Å². The molecule has 2 rings (SSSR count). The van der Waals surface area contributed by atoms with E-state index in [4.69, 9.17) is 16.7 Å². The quantitative estimate of drug-likeness (QED) is 0.856. The molecule has 2 heterocycles. The van der Waals surface area contributed by atoms with Gasteiger partial charge in [0.15, 0.2) is 10.8 Å². The zero-order valence-corrected chi connectivity index (χ0v) is 13.1. The largest absolute Gasteiger partial charge is 0.481 e. The van der Waals surface area contributed by atoms with Gasteiger partial charge >= 0.3 is 5.97 Å². The molecule has 5 nitrogen and oxygen atoms in total. The number of thioether (sulfide) groups is 1. The average Bonchev–Trinajstić information content (AvgIpc) is 2.72. The second kappa shape index (κ2) is 6.01. The van der Waals surface area contributed by atoms with Crippen LogP contribution in [0.15, 0.2) is 17.4 Å². The molecular formula is C13H16ClN3O2S. The Labute approximate surface area is 126 Å². The summed E-state index contributed by atoms with van der Waals surface area (Å²) < 4.78 is 1.99. The molecule has 0 fully saturated rings. The van der Waals surface area contributed by atoms with Crippen LogP contribution in [0.4, 0.5) is 0 Å². The molecule has 7 heteroatoms. The van der Waals surface area contributed by atoms with E-state index in [-0.39, 0.29) is 11.8 Å². The first-order chi connectivity index (χ1) is 9.40. The van der Waals surface area contributed by atoms with Crippen LogP contribution >= 0.6 is 23.4 Å². The smallest absolute Gasteiger partial charge is 0.313 e. The molecule has 1 atom stereocenters. The van der Waals surface area contributed by atoms with Gasteiger partial charge in [-0.25, -0.2) is 9.97 Å². The van der Waals surface area contributed by atoms with Gasteiger partial charge in [0.25, 0.3) is 0 Å². The summed E-state index contributed by atoms with van der Waals surface area (Å²) in [6, 6.07) is 1.92. The molecule has 108 valence electrons. The van der Waals surface area contributed by atoms with E-state index in [1.165, 1.54) is 11.8 Å². The van der Waals surface area contributed by atoms with Crippen molar-refractivity contribution >= 4 is 40.5 Å². The third-order valence-corrected chi connectivity index (χ3v) is 4.31. The molecule has 0 radical (unpaired) electrons. The van der Waals surface area contributed by atoms with Crippen LogP contribution in [-0.4, -0.2) is 31.4 Å². The van der Waals surface area contributed by atoms with Crippen LogP contribution in [0.5, 0.6) is 0 Å². The molecular weight excluding hydrogens is 298 g/mol. The molecule has 0 spiro atoms. The molecule has 0 amide bonds. The summed E-state index contributed by atoms with van der Waals surface area (Å²) in [6.07, 6.45) is 1.58. The Morgan fingerprint density at radius 3 is 2.80 bits per heavy atom. The fraction of sp³-hybridized carbons (Fsp3) is 0.462. The Bertz CT molecular complexity index is 642. The first-order valence-electron chi connectivity index (χ1n) is 6.28. The highest BCUT2D eigenvalue weighted by atomic mass is 35.5. The molecule has 2 aromatic heterocycles. The molecule has 1 N–H and O–H groups in total. The summed E-state index contributed by atoms with van der Waals surface area (Å²) in [5.41, 5.74) is 1.43. The van der Waals surface area contributed by atoms with Crippen molar-refractivity contribution in [3.8, 4) is 0 Å². The van der Waals surface area contributed by atoms with Crippen molar-refractivity contribution in [3.05, 3.63) is 17.3 Å². The first kappa shape index (κ1) is 15.1. The van der Waals surface area contributed by atoms with Crippen LogP contribution < -0.4 is 0 Å². The molecule has 0 saturated heterocycles. The van der Waals surface area contributed by atoms with Crippen molar-refractivity contribution in [2.45, 2.75) is 32.0 Å². The molecule has 0 saturated carbocycles. The van der Waals surface area contributed by atoms with Crippen LogP contribution in [0.25, 0.3) is 11.2 Å². The molecule has 0 aliphatic rings. The number of carboxylic acids is 1. The SMILES string of the molecule is CC(C)C(C)n1c(SCC(=O)O)nc2cc(Cl)cnc21. The molecule has 0 aliphatic carbocycles. The number of nitrogens with zero attached hydrogens (tertiary/aromatic N) is 3. The van der Waals surface area contributed by atoms with Gasteiger partial charge in [0, 0.05) is 12.2 Å². The van der Waals surface area contributed by atoms with Gasteiger partial charge < -0.3 is 9.67 Å². The second-order valence-corrected chi connectivity index (χ2v) is 6.31. The van der Waals surface area contributed by atoms with Crippen LogP contribution in [-0.2, 0) is 4.79 Å². The Kier molecular flexibility index (Phi) is 4.55. The average molecular weight is 314 g/mol. The van der Waals surface area contributed by atoms with Crippen LogP contribution in [0, 0.1) is 5.92 Å². The lowest BCUT2D eigenvalue weighted by atomic mass is 10.1. The number of carboxylic acid groups (broad SMARTS) is 1. The summed E-state index contributed by atoms with van der Waals surface area (Å²) in [6.45, 7) is 6.29. The van der Waals surface area contributed by atoms with E-state index in [0.717, 1.165) is 5.65 Å². The van der Waals surface area contributed by atoms with Crippen molar-refractivity contribution in [1.29, 1.82) is 0 Å². The van der Waals surface area contributed by atoms with E-state index >= 15 is 0 Å². The predicted octanol–water partition coefficient (Wildman–Crippen LogP) is 3.48. The lowest BCUT2D eigenvalue weighted by Gasteiger charge is -2.19. The number of imidazole rings is 1. The number of aromatic nitrogens is 3. The third-order valence-electron chi connectivity index (χ3n) is 3.16. The van der Waals surface area contributed by atoms with Gasteiger partial charge in [-0.05, 0) is 18.9 Å². The minimum atomic E-state index is -0.864. The zero-order valence-electron chi connectivity index (χ0n) is 11.5. The topological polar surface area (TPSA) is 68.0 Å². The van der Waals surface area contributed by atoms with E-state index in [9.17, 15) is 4.79 Å². The third kappa shape index (κ3) is 3.07. The minimum absolute atomic E-state index is 0.0259. The molecule has 1 unspecified atom stereocenters. The number of pyridine rings is 1. The summed E-state index contributed by atoms with van der Waals surface area (Å²) in [5, 5.41) is 10.0. The molecule has 0 bridgehead atoms. The van der Waals surface area contributed by atoms with E-state index in [2.05, 4.69) is 30.7 Å². The van der Waals surface area contributed by atoms with Crippen LogP contribution in [0.1, 0.15) is 26.8 Å². The maximum Gasteiger partial charge on any atom is 0.313 e. The molecule has 20 heavy (non-hydrogen) atoms. The first-order valence-corrected chi connectivity index (χ1v) is 7.64. The number of aliphatic carboxylic acids is 1. The molecule has 2 aromatic rings. The highest BCUT2D eigenvalue weighted by molar-refractivity contribution is 7.99. The maximum absolute atomic E-state index is 10.8. The van der Waals surface area contributed by atoms with E-state index in [0.29, 0.717) is 21.6 Å². The Morgan fingerprint density at radius 2 is 2.20 bits per heavy atom. The number of hydrogen-bond donors (Lipinski definition) is 1. The maximum atomic E-state index is 10.8. The Morgan fingerprint density at radius 1 is 1.50 bits per heavy atom. The number of fused-ring (bicyclic) bond motifs is 1. The zero-order chi connectivity index (χ0) is 14.9. The van der Waals surface area contributed by atoms with Gasteiger partial charge in [-0.1, -0.05) is 37.2 Å². The van der Waals surface area contributed by atoms with Crippen LogP contribution in [0.3, 0.4) is 0 Å². The van der Waals surface area contributed by atoms with Crippen molar-refractivity contribution in [2.24, 2.45) is 5.92 Å². The lowest BCUT2D eigenvalue weighted by Crippen LogP contribution is -2.13. The van der Waals surface area contributed by atoms with Crippen molar-refractivity contribution in [3.63, 3.8) is 0 Å². The van der Waals surface area contributed by atoms with Crippen molar-refractivity contribution in [1.82, 2.24) is 14.5 Å². The summed E-state index contributed by atoms with van der Waals surface area (Å²) in [7, 11) is 0. The van der Waals surface area contributed by atoms with Gasteiger partial charge in [-0.15, -0.1) is 0 Å². The van der Waals surface area contributed by atoms with Crippen LogP contribution in [0.2, 0.25) is 5.02 Å². The lowest BCUT2D eigenvalue weighted by molar-refractivity contribution is -0.133. The summed E-state index contributed by atoms with van der Waals surface area (Å²) >= 11 is 7.14. The van der Waals surface area contributed by atoms with E-state index in [1.54, 1.807) is 12.3 Å². The highest BCUT2D eigenvalue weighted by Gasteiger charge is 2.20. The summed E-state index contributed by atoms with van der Waals surface area (Å²) in [4.78, 5) is 19.6. The van der Waals surface area contributed by atoms with E-state index < -0.39 is 5.97 Å². The number of rotatable bonds is 5. The van der Waals surface area contributed by atoms with E-state index in [1.807, 2.05) is 4.57 Å². The fourth-order valence-corrected chi connectivity index (χ4v) is 2.79. The monoisotopic (exact) mass is 313 g/mol. The van der Waals surface area contributed by atoms with Gasteiger partial charge in [-0.2, -0.15) is 0 Å². The number of hydrogen-bond acceptors (Lipinski definition) is 4. The molecule has 0 aromatic carbocycles. The predicted molar refractivity (Wildman–Crippen MR) is 80.4 cm³/mol. The van der Waals surface area contributed by atoms with Crippen molar-refractivity contribution in [2.75, 3.05) is 5.75 Å². The van der Waals surface area contributed by atoms with Gasteiger partial charge in [0.05, 0.1) is 10.8 Å². The Hall–Kier alpha value is -1.27. The number of carbonyl (C=O) groups is 1. The number of halogens is 1. The highest BCUT2D eigenvalue weighted by Crippen LogP contribution is 2.30. The van der Waals surface area contributed by atoms with Crippen molar-refractivity contribution < 1.29 is 9.90 Å². The van der Waals surface area contributed by atoms with Gasteiger partial charge in [0.1, 0.15) is 5.52 Å². The standard InChI is InChI=1S/C13H16ClN3O2S/c1-7(2)8(3)17-12-10(4-9(14)5-15-12)16-13(17)20-6-11(18)19/h4-5,7-8H,6H2,1-3H3,(H,18,19). The fourth-order valence-electron chi connectivity index (χ4n) is 1.83. The van der Waals surface area contributed by atoms with Gasteiger partial charge in [-0.3, -0.25) is 4.79 Å². The summed E-state index contributed by atoms with van der Waals surface area (Å²) in [5.74, 6) is -0.507. The normalized spacial score (nSPS) is 13.1. The molecule has 0 aliphatic heterocycles. The second-order valence-electron chi connectivity index (χ2n) is 4.93. The minimum Gasteiger partial charge on any atom is -0.481 e. The Balaban J connectivity index is 2.53.